The van der Waals surface area contributed by atoms with Gasteiger partial charge in [-0.2, -0.15) is 0 Å². The van der Waals surface area contributed by atoms with Gasteiger partial charge in [0.25, 0.3) is 5.23 Å². The molecule has 5 rings (SSSR count). The summed E-state index contributed by atoms with van der Waals surface area (Å²) >= 11 is 2.68. The number of thioether (sulfide) groups is 1. The molecule has 1 aliphatic rings. The second-order valence-electron chi connectivity index (χ2n) is 7.91. The van der Waals surface area contributed by atoms with Crippen LogP contribution in [0.15, 0.2) is 74.9 Å². The van der Waals surface area contributed by atoms with Gasteiger partial charge >= 0.3 is 5.63 Å². The van der Waals surface area contributed by atoms with Crippen LogP contribution in [0, 0.1) is 12.7 Å². The number of aryl methyl sites for hydroxylation is 1. The summed E-state index contributed by atoms with van der Waals surface area (Å²) in [7, 11) is 1.74. The maximum absolute atomic E-state index is 15.0. The van der Waals surface area contributed by atoms with Crippen molar-refractivity contribution in [1.29, 1.82) is 0 Å². The standard InChI is InChI=1S/C26H22FN3O3S2/c1-15-19-11-10-18(32-26-29-21-8-4-3-6-17(21)14-34-26)13-23(19)33-25(31)20(15)12-16-7-5-9-22(24(16)27)30-35-28-2/h3-11,13,28,30H,12,14H2,1-2H3. The fourth-order valence-electron chi connectivity index (χ4n) is 3.90. The van der Waals surface area contributed by atoms with Gasteiger partial charge in [0.2, 0.25) is 0 Å². The van der Waals surface area contributed by atoms with Crippen molar-refractivity contribution in [2.24, 2.45) is 4.99 Å². The van der Waals surface area contributed by atoms with Gasteiger partial charge in [-0.3, -0.25) is 0 Å². The molecule has 0 saturated carbocycles. The molecule has 0 aliphatic carbocycles. The summed E-state index contributed by atoms with van der Waals surface area (Å²) in [6.45, 7) is 1.85. The molecule has 0 atom stereocenters. The first-order chi connectivity index (χ1) is 17.0. The maximum atomic E-state index is 15.0. The van der Waals surface area contributed by atoms with E-state index in [1.54, 1.807) is 31.3 Å². The number of para-hydroxylation sites is 1. The molecule has 9 heteroatoms. The predicted octanol–water partition coefficient (Wildman–Crippen LogP) is 6.34. The van der Waals surface area contributed by atoms with Crippen LogP contribution in [0.3, 0.4) is 0 Å². The molecule has 2 heterocycles. The van der Waals surface area contributed by atoms with Gasteiger partial charge < -0.3 is 13.9 Å². The van der Waals surface area contributed by atoms with E-state index in [1.165, 1.54) is 23.9 Å². The highest BCUT2D eigenvalue weighted by Gasteiger charge is 2.18. The quantitative estimate of drug-likeness (QED) is 0.233. The number of rotatable bonds is 6. The molecule has 0 bridgehead atoms. The highest BCUT2D eigenvalue weighted by atomic mass is 32.2. The van der Waals surface area contributed by atoms with E-state index in [4.69, 9.17) is 9.15 Å². The molecular weight excluding hydrogens is 485 g/mol. The molecule has 0 spiro atoms. The van der Waals surface area contributed by atoms with Crippen molar-refractivity contribution in [2.75, 3.05) is 11.8 Å². The molecule has 178 valence electrons. The summed E-state index contributed by atoms with van der Waals surface area (Å²) in [5.74, 6) is 0.914. The van der Waals surface area contributed by atoms with Crippen molar-refractivity contribution >= 4 is 51.5 Å². The number of nitrogens with one attached hydrogen (secondary N) is 2. The Morgan fingerprint density at radius 3 is 2.89 bits per heavy atom. The smallest absolute Gasteiger partial charge is 0.340 e. The Balaban J connectivity index is 1.43. The van der Waals surface area contributed by atoms with Crippen LogP contribution in [0.2, 0.25) is 0 Å². The normalized spacial score (nSPS) is 12.8. The Morgan fingerprint density at radius 1 is 1.17 bits per heavy atom. The molecule has 1 aromatic heterocycles. The summed E-state index contributed by atoms with van der Waals surface area (Å²) < 4.78 is 32.3. The van der Waals surface area contributed by atoms with Crippen molar-refractivity contribution in [3.63, 3.8) is 0 Å². The topological polar surface area (TPSA) is 75.9 Å². The summed E-state index contributed by atoms with van der Waals surface area (Å²) in [4.78, 5) is 17.4. The van der Waals surface area contributed by atoms with Crippen molar-refractivity contribution in [3.8, 4) is 5.75 Å². The van der Waals surface area contributed by atoms with E-state index in [0.29, 0.717) is 33.4 Å². The number of fused-ring (bicyclic) bond motifs is 2. The molecule has 35 heavy (non-hydrogen) atoms. The maximum Gasteiger partial charge on any atom is 0.340 e. The van der Waals surface area contributed by atoms with E-state index in [9.17, 15) is 9.18 Å². The van der Waals surface area contributed by atoms with Crippen molar-refractivity contribution < 1.29 is 13.5 Å². The molecule has 1 aliphatic heterocycles. The average molecular weight is 508 g/mol. The van der Waals surface area contributed by atoms with E-state index in [2.05, 4.69) is 14.4 Å². The lowest BCUT2D eigenvalue weighted by atomic mass is 9.99. The van der Waals surface area contributed by atoms with E-state index >= 15 is 0 Å². The first-order valence-corrected chi connectivity index (χ1v) is 12.7. The predicted molar refractivity (Wildman–Crippen MR) is 142 cm³/mol. The third-order valence-corrected chi connectivity index (χ3v) is 7.13. The second-order valence-corrected chi connectivity index (χ2v) is 9.65. The summed E-state index contributed by atoms with van der Waals surface area (Å²) in [5, 5.41) is 1.31. The lowest BCUT2D eigenvalue weighted by molar-refractivity contribution is 0.539. The number of halogens is 1. The van der Waals surface area contributed by atoms with Gasteiger partial charge in [0, 0.05) is 41.3 Å². The SMILES string of the molecule is CNSNc1cccc(Cc2c(C)c3ccc(OC4=Nc5ccccc5CS4)cc3oc2=O)c1F. The molecule has 0 amide bonds. The minimum absolute atomic E-state index is 0.126. The van der Waals surface area contributed by atoms with Crippen LogP contribution in [0.1, 0.15) is 22.3 Å². The molecular formula is C26H22FN3O3S2. The van der Waals surface area contributed by atoms with E-state index in [0.717, 1.165) is 28.0 Å². The highest BCUT2D eigenvalue weighted by Crippen LogP contribution is 2.33. The largest absolute Gasteiger partial charge is 0.434 e. The van der Waals surface area contributed by atoms with Crippen LogP contribution >= 0.6 is 23.9 Å². The third kappa shape index (κ3) is 4.93. The zero-order valence-electron chi connectivity index (χ0n) is 19.1. The zero-order chi connectivity index (χ0) is 24.4. The number of ether oxygens (including phenoxy) is 1. The second kappa shape index (κ2) is 10.2. The molecule has 3 aromatic carbocycles. The van der Waals surface area contributed by atoms with Crippen LogP contribution < -0.4 is 19.8 Å². The number of hydrogen-bond donors (Lipinski definition) is 2. The third-order valence-electron chi connectivity index (χ3n) is 5.73. The average Bonchev–Trinajstić information content (AvgIpc) is 2.86. The fraction of sp³-hybridized carbons (Fsp3) is 0.154. The van der Waals surface area contributed by atoms with E-state index in [-0.39, 0.29) is 6.42 Å². The highest BCUT2D eigenvalue weighted by molar-refractivity contribution is 8.13. The Labute approximate surface area is 210 Å². The van der Waals surface area contributed by atoms with Crippen molar-refractivity contribution in [1.82, 2.24) is 4.72 Å². The molecule has 0 fully saturated rings. The first-order valence-electron chi connectivity index (χ1n) is 10.9. The molecule has 4 aromatic rings. The summed E-state index contributed by atoms with van der Waals surface area (Å²) in [6.07, 6.45) is 0.126. The monoisotopic (exact) mass is 507 g/mol. The van der Waals surface area contributed by atoms with Gasteiger partial charge in [-0.1, -0.05) is 42.1 Å². The number of aliphatic imine (C=N–C) groups is 1. The minimum Gasteiger partial charge on any atom is -0.434 e. The Morgan fingerprint density at radius 2 is 2.03 bits per heavy atom. The molecule has 0 saturated heterocycles. The van der Waals surface area contributed by atoms with Crippen LogP contribution in [0.25, 0.3) is 11.0 Å². The Hall–Kier alpha value is -3.27. The molecule has 0 radical (unpaired) electrons. The number of anilines is 1. The van der Waals surface area contributed by atoms with Gasteiger partial charge in [-0.05, 0) is 54.9 Å². The molecule has 6 nitrogen and oxygen atoms in total. The summed E-state index contributed by atoms with van der Waals surface area (Å²) in [5.41, 5.74) is 3.91. The van der Waals surface area contributed by atoms with Crippen LogP contribution in [-0.2, 0) is 12.2 Å². The van der Waals surface area contributed by atoms with Gasteiger partial charge in [0.05, 0.1) is 11.4 Å². The summed E-state index contributed by atoms with van der Waals surface area (Å²) in [6, 6.07) is 18.4. The van der Waals surface area contributed by atoms with Crippen molar-refractivity contribution in [3.05, 3.63) is 99.2 Å². The van der Waals surface area contributed by atoms with Crippen LogP contribution in [0.4, 0.5) is 15.8 Å². The fourth-order valence-corrected chi connectivity index (χ4v) is 5.11. The van der Waals surface area contributed by atoms with Crippen molar-refractivity contribution in [2.45, 2.75) is 19.1 Å². The lowest BCUT2D eigenvalue weighted by Crippen LogP contribution is -2.12. The van der Waals surface area contributed by atoms with Gasteiger partial charge in [-0.15, -0.1) is 0 Å². The first kappa shape index (κ1) is 23.5. The number of benzene rings is 3. The molecule has 2 N–H and O–H groups in total. The number of hydrogen-bond acceptors (Lipinski definition) is 8. The van der Waals surface area contributed by atoms with Gasteiger partial charge in [0.1, 0.15) is 11.3 Å². The number of nitrogens with zero attached hydrogens (tertiary/aromatic N) is 1. The van der Waals surface area contributed by atoms with Crippen LogP contribution in [0.5, 0.6) is 5.75 Å². The van der Waals surface area contributed by atoms with Gasteiger partial charge in [0.15, 0.2) is 5.82 Å². The minimum atomic E-state index is -0.493. The Bertz CT molecular complexity index is 1500. The zero-order valence-corrected chi connectivity index (χ0v) is 20.7. The molecule has 0 unspecified atom stereocenters. The van der Waals surface area contributed by atoms with E-state index in [1.807, 2.05) is 43.3 Å². The lowest BCUT2D eigenvalue weighted by Gasteiger charge is -2.15. The Kier molecular flexibility index (Phi) is 6.81. The van der Waals surface area contributed by atoms with Crippen LogP contribution in [-0.4, -0.2) is 12.3 Å². The van der Waals surface area contributed by atoms with Gasteiger partial charge in [-0.25, -0.2) is 18.9 Å². The van der Waals surface area contributed by atoms with E-state index < -0.39 is 11.4 Å².